The van der Waals surface area contributed by atoms with Crippen LogP contribution in [-0.4, -0.2) is 41.9 Å². The van der Waals surface area contributed by atoms with Gasteiger partial charge in [-0.2, -0.15) is 4.31 Å². The maximum absolute atomic E-state index is 12.9. The number of nitrogens with zero attached hydrogens (tertiary/aromatic N) is 3. The monoisotopic (exact) mass is 367 g/mol. The van der Waals surface area contributed by atoms with E-state index in [-0.39, 0.29) is 17.5 Å². The summed E-state index contributed by atoms with van der Waals surface area (Å²) in [6.07, 6.45) is 5.88. The van der Waals surface area contributed by atoms with Crippen molar-refractivity contribution in [1.82, 2.24) is 14.3 Å². The number of aromatic nitrogens is 2. The van der Waals surface area contributed by atoms with Crippen molar-refractivity contribution in [2.24, 2.45) is 0 Å². The zero-order valence-corrected chi connectivity index (χ0v) is 14.8. The highest BCUT2D eigenvalue weighted by atomic mass is 35.5. The minimum absolute atomic E-state index is 0.246. The lowest BCUT2D eigenvalue weighted by molar-refractivity contribution is 0.124. The van der Waals surface area contributed by atoms with Gasteiger partial charge in [-0.1, -0.05) is 17.7 Å². The first-order chi connectivity index (χ1) is 11.5. The van der Waals surface area contributed by atoms with E-state index in [1.807, 2.05) is 0 Å². The van der Waals surface area contributed by atoms with Crippen molar-refractivity contribution in [3.63, 3.8) is 0 Å². The Hall–Kier alpha value is -1.70. The summed E-state index contributed by atoms with van der Waals surface area (Å²) < 4.78 is 33.1. The average Bonchev–Trinajstić information content (AvgIpc) is 2.58. The Morgan fingerprint density at radius 1 is 1.33 bits per heavy atom. The third kappa shape index (κ3) is 3.68. The van der Waals surface area contributed by atoms with Gasteiger partial charge in [-0.15, -0.1) is 0 Å². The largest absolute Gasteiger partial charge is 0.472 e. The van der Waals surface area contributed by atoms with Crippen molar-refractivity contribution in [3.05, 3.63) is 47.4 Å². The van der Waals surface area contributed by atoms with E-state index in [0.717, 1.165) is 12.8 Å². The van der Waals surface area contributed by atoms with Crippen LogP contribution in [0.15, 0.2) is 41.7 Å². The normalized spacial score (nSPS) is 19.2. The summed E-state index contributed by atoms with van der Waals surface area (Å²) in [5, 5.41) is 0.406. The SMILES string of the molecule is Cc1ccc(Cl)cc1S(=O)(=O)N1CCCC(Oc2cnccn2)C1. The standard InChI is InChI=1S/C16H18ClN3O3S/c1-12-4-5-13(17)9-15(12)24(21,22)20-8-2-3-14(11-20)23-16-10-18-6-7-19-16/h4-7,9-10,14H,2-3,8,11H2,1H3. The van der Waals surface area contributed by atoms with Gasteiger partial charge in [-0.25, -0.2) is 13.4 Å². The molecule has 1 unspecified atom stereocenters. The zero-order chi connectivity index (χ0) is 17.2. The predicted octanol–water partition coefficient (Wildman–Crippen LogP) is 2.67. The van der Waals surface area contributed by atoms with E-state index >= 15 is 0 Å². The number of rotatable bonds is 4. The molecule has 6 nitrogen and oxygen atoms in total. The molecule has 1 aromatic carbocycles. The van der Waals surface area contributed by atoms with Crippen LogP contribution >= 0.6 is 11.6 Å². The Kier molecular flexibility index (Phi) is 5.03. The summed E-state index contributed by atoms with van der Waals surface area (Å²) in [5.74, 6) is 0.403. The molecule has 0 bridgehead atoms. The summed E-state index contributed by atoms with van der Waals surface area (Å²) in [7, 11) is -3.61. The van der Waals surface area contributed by atoms with Crippen molar-refractivity contribution < 1.29 is 13.2 Å². The van der Waals surface area contributed by atoms with E-state index in [2.05, 4.69) is 9.97 Å². The first-order valence-corrected chi connectivity index (χ1v) is 9.47. The molecule has 1 aliphatic rings. The molecule has 128 valence electrons. The molecule has 3 rings (SSSR count). The molecule has 0 radical (unpaired) electrons. The maximum atomic E-state index is 12.9. The Bertz CT molecular complexity index is 815. The topological polar surface area (TPSA) is 72.4 Å². The number of hydrogen-bond acceptors (Lipinski definition) is 5. The second kappa shape index (κ2) is 7.04. The molecule has 1 saturated heterocycles. The lowest BCUT2D eigenvalue weighted by atomic mass is 10.1. The molecule has 1 aliphatic heterocycles. The van der Waals surface area contributed by atoms with Gasteiger partial charge in [0.1, 0.15) is 6.10 Å². The van der Waals surface area contributed by atoms with E-state index in [4.69, 9.17) is 16.3 Å². The van der Waals surface area contributed by atoms with Gasteiger partial charge in [0.2, 0.25) is 15.9 Å². The van der Waals surface area contributed by atoms with E-state index < -0.39 is 10.0 Å². The summed E-state index contributed by atoms with van der Waals surface area (Å²) in [6, 6.07) is 4.90. The van der Waals surface area contributed by atoms with Gasteiger partial charge >= 0.3 is 0 Å². The van der Waals surface area contributed by atoms with Gasteiger partial charge < -0.3 is 4.74 Å². The Morgan fingerprint density at radius 2 is 2.17 bits per heavy atom. The highest BCUT2D eigenvalue weighted by Crippen LogP contribution is 2.26. The second-order valence-electron chi connectivity index (χ2n) is 5.70. The van der Waals surface area contributed by atoms with Gasteiger partial charge in [-0.05, 0) is 37.5 Å². The summed E-state index contributed by atoms with van der Waals surface area (Å²) >= 11 is 5.97. The van der Waals surface area contributed by atoms with Gasteiger partial charge in [-0.3, -0.25) is 4.98 Å². The predicted molar refractivity (Wildman–Crippen MR) is 90.6 cm³/mol. The van der Waals surface area contributed by atoms with Crippen LogP contribution in [0.1, 0.15) is 18.4 Å². The van der Waals surface area contributed by atoms with E-state index in [1.54, 1.807) is 31.5 Å². The molecule has 2 heterocycles. The van der Waals surface area contributed by atoms with Gasteiger partial charge in [0.25, 0.3) is 0 Å². The maximum Gasteiger partial charge on any atom is 0.243 e. The van der Waals surface area contributed by atoms with Crippen molar-refractivity contribution in [2.75, 3.05) is 13.1 Å². The lowest BCUT2D eigenvalue weighted by Crippen LogP contribution is -2.44. The van der Waals surface area contributed by atoms with Crippen LogP contribution in [0.25, 0.3) is 0 Å². The van der Waals surface area contributed by atoms with Crippen molar-refractivity contribution in [1.29, 1.82) is 0 Å². The summed E-state index contributed by atoms with van der Waals surface area (Å²) in [6.45, 7) is 2.51. The number of benzene rings is 1. The number of sulfonamides is 1. The fourth-order valence-corrected chi connectivity index (χ4v) is 4.73. The molecule has 0 aliphatic carbocycles. The van der Waals surface area contributed by atoms with Crippen LogP contribution in [0.5, 0.6) is 5.88 Å². The highest BCUT2D eigenvalue weighted by molar-refractivity contribution is 7.89. The van der Waals surface area contributed by atoms with Crippen molar-refractivity contribution in [3.8, 4) is 5.88 Å². The van der Waals surface area contributed by atoms with Crippen LogP contribution in [0.4, 0.5) is 0 Å². The molecule has 0 spiro atoms. The van der Waals surface area contributed by atoms with Gasteiger partial charge in [0.05, 0.1) is 17.6 Å². The Balaban J connectivity index is 1.79. The lowest BCUT2D eigenvalue weighted by Gasteiger charge is -2.32. The molecule has 1 fully saturated rings. The molecule has 24 heavy (non-hydrogen) atoms. The molecular formula is C16H18ClN3O3S. The third-order valence-corrected chi connectivity index (χ3v) is 6.18. The van der Waals surface area contributed by atoms with Gasteiger partial charge in [0.15, 0.2) is 0 Å². The van der Waals surface area contributed by atoms with Crippen LogP contribution < -0.4 is 4.74 Å². The molecule has 0 N–H and O–H groups in total. The molecule has 8 heteroatoms. The fraction of sp³-hybridized carbons (Fsp3) is 0.375. The second-order valence-corrected chi connectivity index (χ2v) is 8.04. The first-order valence-electron chi connectivity index (χ1n) is 7.66. The van der Waals surface area contributed by atoms with E-state index in [9.17, 15) is 8.42 Å². The van der Waals surface area contributed by atoms with Crippen LogP contribution in [-0.2, 0) is 10.0 Å². The summed E-state index contributed by atoms with van der Waals surface area (Å²) in [4.78, 5) is 8.27. The average molecular weight is 368 g/mol. The molecule has 1 aromatic heterocycles. The van der Waals surface area contributed by atoms with Crippen LogP contribution in [0.3, 0.4) is 0 Å². The fourth-order valence-electron chi connectivity index (χ4n) is 2.73. The van der Waals surface area contributed by atoms with Crippen LogP contribution in [0, 0.1) is 6.92 Å². The number of aryl methyl sites for hydroxylation is 1. The molecule has 2 aromatic rings. The Labute approximate surface area is 146 Å². The molecule has 1 atom stereocenters. The Morgan fingerprint density at radius 3 is 2.92 bits per heavy atom. The number of ether oxygens (including phenoxy) is 1. The summed E-state index contributed by atoms with van der Waals surface area (Å²) in [5.41, 5.74) is 0.677. The molecule has 0 saturated carbocycles. The van der Waals surface area contributed by atoms with Crippen LogP contribution in [0.2, 0.25) is 5.02 Å². The molecule has 0 amide bonds. The van der Waals surface area contributed by atoms with E-state index in [1.165, 1.54) is 16.6 Å². The smallest absolute Gasteiger partial charge is 0.243 e. The highest BCUT2D eigenvalue weighted by Gasteiger charge is 2.32. The first kappa shape index (κ1) is 17.1. The number of piperidine rings is 1. The minimum atomic E-state index is -3.61. The molecular weight excluding hydrogens is 350 g/mol. The quantitative estimate of drug-likeness (QED) is 0.830. The minimum Gasteiger partial charge on any atom is -0.472 e. The van der Waals surface area contributed by atoms with Crippen molar-refractivity contribution in [2.45, 2.75) is 30.8 Å². The number of hydrogen-bond donors (Lipinski definition) is 0. The van der Waals surface area contributed by atoms with E-state index in [0.29, 0.717) is 23.0 Å². The number of halogens is 1. The van der Waals surface area contributed by atoms with Gasteiger partial charge in [0, 0.05) is 24.0 Å². The van der Waals surface area contributed by atoms with Crippen molar-refractivity contribution >= 4 is 21.6 Å². The third-order valence-electron chi connectivity index (χ3n) is 3.94. The zero-order valence-electron chi connectivity index (χ0n) is 13.2.